The van der Waals surface area contributed by atoms with E-state index in [1.165, 1.54) is 11.9 Å². The van der Waals surface area contributed by atoms with E-state index in [0.29, 0.717) is 11.4 Å². The van der Waals surface area contributed by atoms with Gasteiger partial charge in [0.15, 0.2) is 0 Å². The van der Waals surface area contributed by atoms with Crippen LogP contribution in [-0.2, 0) is 9.59 Å². The summed E-state index contributed by atoms with van der Waals surface area (Å²) < 4.78 is 0.776. The van der Waals surface area contributed by atoms with Gasteiger partial charge in [-0.3, -0.25) is 14.5 Å². The van der Waals surface area contributed by atoms with Gasteiger partial charge >= 0.3 is 6.03 Å². The lowest BCUT2D eigenvalue weighted by Gasteiger charge is -2.15. The number of imide groups is 1. The molecule has 2 rings (SSSR count). The first-order chi connectivity index (χ1) is 9.79. The SMILES string of the molecule is Cc1cc(Br)cc(NC(=O)CN2C(=O)CN(C)C2=O)c1N. The van der Waals surface area contributed by atoms with Crippen molar-refractivity contribution in [2.45, 2.75) is 6.92 Å². The summed E-state index contributed by atoms with van der Waals surface area (Å²) in [5.41, 5.74) is 7.60. The van der Waals surface area contributed by atoms with Crippen molar-refractivity contribution in [2.75, 3.05) is 31.2 Å². The average molecular weight is 355 g/mol. The van der Waals surface area contributed by atoms with E-state index in [1.54, 1.807) is 6.07 Å². The molecule has 1 aromatic carbocycles. The van der Waals surface area contributed by atoms with Crippen molar-refractivity contribution in [3.8, 4) is 0 Å². The van der Waals surface area contributed by atoms with Crippen LogP contribution in [0.5, 0.6) is 0 Å². The minimum Gasteiger partial charge on any atom is -0.397 e. The number of amides is 4. The number of carbonyl (C=O) groups excluding carboxylic acids is 3. The Balaban J connectivity index is 2.09. The predicted octanol–water partition coefficient (Wildman–Crippen LogP) is 1.17. The van der Waals surface area contributed by atoms with E-state index < -0.39 is 17.8 Å². The Kier molecular flexibility index (Phi) is 4.17. The van der Waals surface area contributed by atoms with Crippen LogP contribution in [0.4, 0.5) is 16.2 Å². The molecule has 1 aliphatic heterocycles. The second-order valence-corrected chi connectivity index (χ2v) is 5.77. The smallest absolute Gasteiger partial charge is 0.327 e. The molecule has 112 valence electrons. The number of urea groups is 1. The summed E-state index contributed by atoms with van der Waals surface area (Å²) in [7, 11) is 1.51. The van der Waals surface area contributed by atoms with E-state index in [-0.39, 0.29) is 13.1 Å². The molecule has 0 aromatic heterocycles. The number of nitrogens with one attached hydrogen (secondary N) is 1. The number of aryl methyl sites for hydroxylation is 1. The Morgan fingerprint density at radius 2 is 2.10 bits per heavy atom. The van der Waals surface area contributed by atoms with E-state index in [0.717, 1.165) is 14.9 Å². The summed E-state index contributed by atoms with van der Waals surface area (Å²) in [6.45, 7) is 1.48. The fraction of sp³-hybridized carbons (Fsp3) is 0.308. The number of rotatable bonds is 3. The number of nitrogen functional groups attached to an aromatic ring is 1. The number of carbonyl (C=O) groups is 3. The van der Waals surface area contributed by atoms with Crippen LogP contribution in [0.25, 0.3) is 0 Å². The third kappa shape index (κ3) is 3.15. The largest absolute Gasteiger partial charge is 0.397 e. The summed E-state index contributed by atoms with van der Waals surface area (Å²) in [6.07, 6.45) is 0. The van der Waals surface area contributed by atoms with Crippen molar-refractivity contribution in [1.82, 2.24) is 9.80 Å². The number of hydrogen-bond donors (Lipinski definition) is 2. The first-order valence-electron chi connectivity index (χ1n) is 6.20. The van der Waals surface area contributed by atoms with Gasteiger partial charge in [0.05, 0.1) is 11.4 Å². The van der Waals surface area contributed by atoms with Gasteiger partial charge < -0.3 is 16.0 Å². The highest BCUT2D eigenvalue weighted by Gasteiger charge is 2.34. The third-order valence-corrected chi connectivity index (χ3v) is 3.62. The molecule has 3 N–H and O–H groups in total. The quantitative estimate of drug-likeness (QED) is 0.629. The third-order valence-electron chi connectivity index (χ3n) is 3.16. The Morgan fingerprint density at radius 3 is 2.67 bits per heavy atom. The normalized spacial score (nSPS) is 14.8. The summed E-state index contributed by atoms with van der Waals surface area (Å²) in [4.78, 5) is 37.5. The van der Waals surface area contributed by atoms with Crippen molar-refractivity contribution in [2.24, 2.45) is 0 Å². The van der Waals surface area contributed by atoms with Crippen molar-refractivity contribution < 1.29 is 14.4 Å². The van der Waals surface area contributed by atoms with Crippen LogP contribution < -0.4 is 11.1 Å². The van der Waals surface area contributed by atoms with Gasteiger partial charge in [-0.25, -0.2) is 4.79 Å². The molecule has 1 saturated heterocycles. The molecule has 0 saturated carbocycles. The van der Waals surface area contributed by atoms with Crippen LogP contribution in [0.2, 0.25) is 0 Å². The Labute approximate surface area is 130 Å². The summed E-state index contributed by atoms with van der Waals surface area (Å²) >= 11 is 3.32. The first-order valence-corrected chi connectivity index (χ1v) is 7.00. The molecule has 0 bridgehead atoms. The molecule has 4 amide bonds. The molecule has 0 aliphatic carbocycles. The number of anilines is 2. The molecule has 1 aliphatic rings. The summed E-state index contributed by atoms with van der Waals surface area (Å²) in [5.74, 6) is -0.868. The monoisotopic (exact) mass is 354 g/mol. The van der Waals surface area contributed by atoms with E-state index >= 15 is 0 Å². The number of nitrogens with zero attached hydrogens (tertiary/aromatic N) is 2. The molecule has 21 heavy (non-hydrogen) atoms. The standard InChI is InChI=1S/C13H15BrN4O3/c1-7-3-8(14)4-9(12(7)15)16-10(19)5-18-11(20)6-17(2)13(18)21/h3-4H,5-6,15H2,1-2H3,(H,16,19). The topological polar surface area (TPSA) is 95.7 Å². The minimum atomic E-state index is -0.478. The lowest BCUT2D eigenvalue weighted by atomic mass is 10.1. The first kappa shape index (κ1) is 15.3. The predicted molar refractivity (Wildman–Crippen MR) is 81.7 cm³/mol. The molecule has 0 spiro atoms. The van der Waals surface area contributed by atoms with Crippen LogP contribution in [0.15, 0.2) is 16.6 Å². The highest BCUT2D eigenvalue weighted by atomic mass is 79.9. The Bertz CT molecular complexity index is 632. The molecule has 0 atom stereocenters. The second kappa shape index (κ2) is 5.72. The second-order valence-electron chi connectivity index (χ2n) is 4.85. The Hall–Kier alpha value is -2.09. The number of likely N-dealkylation sites (N-methyl/N-ethyl adjacent to an activating group) is 1. The van der Waals surface area contributed by atoms with Crippen LogP contribution in [0.1, 0.15) is 5.56 Å². The maximum Gasteiger partial charge on any atom is 0.327 e. The molecule has 1 heterocycles. The number of halogens is 1. The summed E-state index contributed by atoms with van der Waals surface area (Å²) in [5, 5.41) is 2.62. The van der Waals surface area contributed by atoms with Crippen LogP contribution in [0, 0.1) is 6.92 Å². The van der Waals surface area contributed by atoms with Gasteiger partial charge in [-0.1, -0.05) is 15.9 Å². The van der Waals surface area contributed by atoms with Gasteiger partial charge in [-0.2, -0.15) is 0 Å². The van der Waals surface area contributed by atoms with Gasteiger partial charge in [-0.15, -0.1) is 0 Å². The van der Waals surface area contributed by atoms with Crippen molar-refractivity contribution >= 4 is 45.2 Å². The highest BCUT2D eigenvalue weighted by Crippen LogP contribution is 2.27. The number of nitrogens with two attached hydrogens (primary N) is 1. The molecule has 8 heteroatoms. The summed E-state index contributed by atoms with van der Waals surface area (Å²) in [6, 6.07) is 3.02. The maximum absolute atomic E-state index is 12.0. The molecular formula is C13H15BrN4O3. The van der Waals surface area contributed by atoms with Gasteiger partial charge in [0.1, 0.15) is 13.1 Å². The molecular weight excluding hydrogens is 340 g/mol. The Morgan fingerprint density at radius 1 is 1.43 bits per heavy atom. The maximum atomic E-state index is 12.0. The van der Waals surface area contributed by atoms with Gasteiger partial charge in [0.25, 0.3) is 5.91 Å². The lowest BCUT2D eigenvalue weighted by Crippen LogP contribution is -2.38. The fourth-order valence-electron chi connectivity index (χ4n) is 2.02. The molecule has 7 nitrogen and oxygen atoms in total. The van der Waals surface area contributed by atoms with Crippen LogP contribution >= 0.6 is 15.9 Å². The van der Waals surface area contributed by atoms with Crippen LogP contribution in [0.3, 0.4) is 0 Å². The van der Waals surface area contributed by atoms with E-state index in [1.807, 2.05) is 13.0 Å². The molecule has 1 aromatic rings. The highest BCUT2D eigenvalue weighted by molar-refractivity contribution is 9.10. The van der Waals surface area contributed by atoms with Crippen molar-refractivity contribution in [3.05, 3.63) is 22.2 Å². The van der Waals surface area contributed by atoms with E-state index in [9.17, 15) is 14.4 Å². The zero-order chi connectivity index (χ0) is 15.7. The van der Waals surface area contributed by atoms with E-state index in [2.05, 4.69) is 21.2 Å². The number of hydrogen-bond acceptors (Lipinski definition) is 4. The van der Waals surface area contributed by atoms with Crippen LogP contribution in [-0.4, -0.2) is 47.8 Å². The van der Waals surface area contributed by atoms with Gasteiger partial charge in [-0.05, 0) is 24.6 Å². The molecule has 1 fully saturated rings. The number of benzene rings is 1. The molecule has 0 unspecified atom stereocenters. The average Bonchev–Trinajstić information content (AvgIpc) is 2.62. The van der Waals surface area contributed by atoms with Crippen molar-refractivity contribution in [1.29, 1.82) is 0 Å². The fourth-order valence-corrected chi connectivity index (χ4v) is 2.59. The van der Waals surface area contributed by atoms with Gasteiger partial charge in [0.2, 0.25) is 5.91 Å². The lowest BCUT2D eigenvalue weighted by molar-refractivity contribution is -0.129. The zero-order valence-electron chi connectivity index (χ0n) is 11.6. The zero-order valence-corrected chi connectivity index (χ0v) is 13.2. The van der Waals surface area contributed by atoms with Gasteiger partial charge in [0, 0.05) is 11.5 Å². The van der Waals surface area contributed by atoms with Crippen molar-refractivity contribution in [3.63, 3.8) is 0 Å². The minimum absolute atomic E-state index is 0.00968. The van der Waals surface area contributed by atoms with E-state index in [4.69, 9.17) is 5.73 Å². The molecule has 0 radical (unpaired) electrons.